The first-order chi connectivity index (χ1) is 8.50. The Morgan fingerprint density at radius 2 is 2.06 bits per heavy atom. The van der Waals surface area contributed by atoms with E-state index in [1.165, 1.54) is 0 Å². The SMILES string of the molecule is C=C(C)CNC(=S)NNC(=O)c1ccccc1Br. The molecular formula is C12H14BrN3OS. The van der Waals surface area contributed by atoms with Gasteiger partial charge in [-0.3, -0.25) is 15.6 Å². The molecule has 1 rings (SSSR count). The van der Waals surface area contributed by atoms with Crippen LogP contribution in [0.1, 0.15) is 17.3 Å². The fraction of sp³-hybridized carbons (Fsp3) is 0.167. The number of hydrogen-bond donors (Lipinski definition) is 3. The summed E-state index contributed by atoms with van der Waals surface area (Å²) in [5, 5.41) is 3.24. The van der Waals surface area contributed by atoms with E-state index in [9.17, 15) is 4.79 Å². The lowest BCUT2D eigenvalue weighted by Gasteiger charge is -2.11. The van der Waals surface area contributed by atoms with Crippen molar-refractivity contribution in [1.29, 1.82) is 0 Å². The second-order valence-corrected chi connectivity index (χ2v) is 4.96. The van der Waals surface area contributed by atoms with Crippen LogP contribution in [0.3, 0.4) is 0 Å². The number of thiocarbonyl (C=S) groups is 1. The van der Waals surface area contributed by atoms with Crippen LogP contribution >= 0.6 is 28.1 Å². The van der Waals surface area contributed by atoms with E-state index in [1.54, 1.807) is 18.2 Å². The molecule has 3 N–H and O–H groups in total. The summed E-state index contributed by atoms with van der Waals surface area (Å²) >= 11 is 8.29. The quantitative estimate of drug-likeness (QED) is 0.452. The molecule has 0 heterocycles. The fourth-order valence-electron chi connectivity index (χ4n) is 1.10. The number of hydrogen-bond acceptors (Lipinski definition) is 2. The van der Waals surface area contributed by atoms with Crippen molar-refractivity contribution in [2.24, 2.45) is 0 Å². The van der Waals surface area contributed by atoms with E-state index in [0.717, 1.165) is 10.0 Å². The maximum Gasteiger partial charge on any atom is 0.270 e. The van der Waals surface area contributed by atoms with E-state index in [2.05, 4.69) is 38.7 Å². The number of amides is 1. The van der Waals surface area contributed by atoms with Gasteiger partial charge in [0.15, 0.2) is 5.11 Å². The summed E-state index contributed by atoms with van der Waals surface area (Å²) in [6, 6.07) is 7.14. The monoisotopic (exact) mass is 327 g/mol. The van der Waals surface area contributed by atoms with Gasteiger partial charge in [0.2, 0.25) is 0 Å². The topological polar surface area (TPSA) is 53.2 Å². The molecular weight excluding hydrogens is 314 g/mol. The van der Waals surface area contributed by atoms with E-state index < -0.39 is 0 Å². The molecule has 0 radical (unpaired) electrons. The zero-order chi connectivity index (χ0) is 13.5. The number of rotatable bonds is 3. The van der Waals surface area contributed by atoms with Crippen molar-refractivity contribution in [2.45, 2.75) is 6.92 Å². The Bertz CT molecular complexity index is 476. The smallest absolute Gasteiger partial charge is 0.270 e. The van der Waals surface area contributed by atoms with Gasteiger partial charge in [-0.15, -0.1) is 0 Å². The molecule has 1 aromatic carbocycles. The number of benzene rings is 1. The number of carbonyl (C=O) groups is 1. The van der Waals surface area contributed by atoms with Crippen LogP contribution in [0.4, 0.5) is 0 Å². The van der Waals surface area contributed by atoms with Crippen molar-refractivity contribution in [3.63, 3.8) is 0 Å². The molecule has 0 aliphatic rings. The van der Waals surface area contributed by atoms with Crippen molar-refractivity contribution >= 4 is 39.2 Å². The predicted octanol–water partition coefficient (Wildman–Crippen LogP) is 2.13. The maximum absolute atomic E-state index is 11.8. The Labute approximate surface area is 120 Å². The highest BCUT2D eigenvalue weighted by atomic mass is 79.9. The Kier molecular flexibility index (Phi) is 5.80. The first-order valence-electron chi connectivity index (χ1n) is 5.24. The molecule has 6 heteroatoms. The van der Waals surface area contributed by atoms with Gasteiger partial charge in [0, 0.05) is 11.0 Å². The first-order valence-corrected chi connectivity index (χ1v) is 6.44. The second-order valence-electron chi connectivity index (χ2n) is 3.70. The average molecular weight is 328 g/mol. The van der Waals surface area contributed by atoms with Crippen LogP contribution < -0.4 is 16.2 Å². The Balaban J connectivity index is 2.45. The zero-order valence-corrected chi connectivity index (χ0v) is 12.3. The van der Waals surface area contributed by atoms with Crippen LogP contribution in [-0.2, 0) is 0 Å². The Hall–Kier alpha value is -1.40. The molecule has 0 aliphatic heterocycles. The summed E-state index contributed by atoms with van der Waals surface area (Å²) in [6.45, 7) is 6.19. The van der Waals surface area contributed by atoms with Gasteiger partial charge in [-0.25, -0.2) is 0 Å². The van der Waals surface area contributed by atoms with Gasteiger partial charge in [-0.1, -0.05) is 24.3 Å². The Morgan fingerprint density at radius 1 is 1.39 bits per heavy atom. The van der Waals surface area contributed by atoms with Crippen LogP contribution in [0.5, 0.6) is 0 Å². The minimum atomic E-state index is -0.262. The molecule has 96 valence electrons. The maximum atomic E-state index is 11.8. The van der Waals surface area contributed by atoms with Crippen LogP contribution in [0.25, 0.3) is 0 Å². The number of halogens is 1. The number of nitrogens with one attached hydrogen (secondary N) is 3. The first kappa shape index (κ1) is 14.7. The van der Waals surface area contributed by atoms with Crippen LogP contribution in [0.2, 0.25) is 0 Å². The van der Waals surface area contributed by atoms with Gasteiger partial charge in [0.1, 0.15) is 0 Å². The molecule has 0 aromatic heterocycles. The highest BCUT2D eigenvalue weighted by molar-refractivity contribution is 9.10. The Morgan fingerprint density at radius 3 is 2.67 bits per heavy atom. The number of carbonyl (C=O) groups excluding carboxylic acids is 1. The third-order valence-electron chi connectivity index (χ3n) is 1.96. The molecule has 0 aliphatic carbocycles. The van der Waals surface area contributed by atoms with Crippen LogP contribution in [0, 0.1) is 0 Å². The van der Waals surface area contributed by atoms with Gasteiger partial charge in [-0.2, -0.15) is 0 Å². The molecule has 0 saturated heterocycles. The fourth-order valence-corrected chi connectivity index (χ4v) is 1.69. The molecule has 0 saturated carbocycles. The summed E-state index contributed by atoms with van der Waals surface area (Å²) in [4.78, 5) is 11.8. The third kappa shape index (κ3) is 4.85. The molecule has 1 aromatic rings. The summed E-state index contributed by atoms with van der Waals surface area (Å²) in [5.41, 5.74) is 6.62. The van der Waals surface area contributed by atoms with Gasteiger partial charge < -0.3 is 5.32 Å². The standard InChI is InChI=1S/C12H14BrN3OS/c1-8(2)7-14-12(18)16-15-11(17)9-5-3-4-6-10(9)13/h3-6H,1,7H2,2H3,(H,15,17)(H2,14,16,18). The highest BCUT2D eigenvalue weighted by Crippen LogP contribution is 2.14. The van der Waals surface area contributed by atoms with Crippen LogP contribution in [-0.4, -0.2) is 17.6 Å². The van der Waals surface area contributed by atoms with Gasteiger partial charge in [-0.05, 0) is 47.2 Å². The van der Waals surface area contributed by atoms with E-state index in [-0.39, 0.29) is 5.91 Å². The van der Waals surface area contributed by atoms with Crippen molar-refractivity contribution < 1.29 is 4.79 Å². The molecule has 1 amide bonds. The summed E-state index contributed by atoms with van der Waals surface area (Å²) in [7, 11) is 0. The van der Waals surface area contributed by atoms with Gasteiger partial charge in [0.05, 0.1) is 5.56 Å². The third-order valence-corrected chi connectivity index (χ3v) is 2.90. The van der Waals surface area contributed by atoms with E-state index in [4.69, 9.17) is 12.2 Å². The minimum absolute atomic E-state index is 0.262. The molecule has 0 spiro atoms. The number of hydrazine groups is 1. The van der Waals surface area contributed by atoms with Crippen LogP contribution in [0.15, 0.2) is 40.9 Å². The summed E-state index contributed by atoms with van der Waals surface area (Å²) < 4.78 is 0.727. The highest BCUT2D eigenvalue weighted by Gasteiger charge is 2.08. The zero-order valence-electron chi connectivity index (χ0n) is 9.92. The van der Waals surface area contributed by atoms with Crippen molar-refractivity contribution in [2.75, 3.05) is 6.54 Å². The predicted molar refractivity (Wildman–Crippen MR) is 80.2 cm³/mol. The van der Waals surface area contributed by atoms with E-state index >= 15 is 0 Å². The second kappa shape index (κ2) is 7.13. The van der Waals surface area contributed by atoms with Gasteiger partial charge in [0.25, 0.3) is 5.91 Å². The molecule has 0 fully saturated rings. The molecule has 18 heavy (non-hydrogen) atoms. The molecule has 4 nitrogen and oxygen atoms in total. The molecule has 0 bridgehead atoms. The van der Waals surface area contributed by atoms with Crippen molar-refractivity contribution in [3.8, 4) is 0 Å². The minimum Gasteiger partial charge on any atom is -0.358 e. The summed E-state index contributed by atoms with van der Waals surface area (Å²) in [6.07, 6.45) is 0. The van der Waals surface area contributed by atoms with Gasteiger partial charge >= 0.3 is 0 Å². The lowest BCUT2D eigenvalue weighted by Crippen LogP contribution is -2.47. The average Bonchev–Trinajstić information content (AvgIpc) is 2.34. The molecule has 0 atom stereocenters. The van der Waals surface area contributed by atoms with E-state index in [1.807, 2.05) is 13.0 Å². The molecule has 0 unspecified atom stereocenters. The van der Waals surface area contributed by atoms with E-state index in [0.29, 0.717) is 17.2 Å². The lowest BCUT2D eigenvalue weighted by atomic mass is 10.2. The van der Waals surface area contributed by atoms with Crippen molar-refractivity contribution in [1.82, 2.24) is 16.2 Å². The largest absolute Gasteiger partial charge is 0.358 e. The van der Waals surface area contributed by atoms with Crippen molar-refractivity contribution in [3.05, 3.63) is 46.5 Å². The summed E-state index contributed by atoms with van der Waals surface area (Å²) in [5.74, 6) is -0.262. The normalized spacial score (nSPS) is 9.44. The lowest BCUT2D eigenvalue weighted by molar-refractivity contribution is 0.0943.